The largest absolute Gasteiger partial charge is 0.424 e. The lowest BCUT2D eigenvalue weighted by molar-refractivity contribution is -0.526. The van der Waals surface area contributed by atoms with Crippen molar-refractivity contribution in [2.24, 2.45) is 5.73 Å². The minimum Gasteiger partial charge on any atom is -0.366 e. The average Bonchev–Trinajstić information content (AvgIpc) is 3.00. The van der Waals surface area contributed by atoms with Gasteiger partial charge in [0.15, 0.2) is 13.1 Å². The summed E-state index contributed by atoms with van der Waals surface area (Å²) in [5.41, 5.74) is 5.85. The molecule has 0 rings (SSSR count). The molecule has 250 valence electrons. The Morgan fingerprint density at radius 2 is 1.05 bits per heavy atom. The highest BCUT2D eigenvalue weighted by Gasteiger charge is 2.09. The van der Waals surface area contributed by atoms with Crippen molar-refractivity contribution in [2.45, 2.75) is 168 Å². The van der Waals surface area contributed by atoms with E-state index in [0.717, 1.165) is 58.7 Å². The molecule has 0 aliphatic heterocycles. The second-order valence-corrected chi connectivity index (χ2v) is 12.5. The molecule has 0 aromatic heterocycles. The second kappa shape index (κ2) is 36.4. The number of ether oxygens (including phenoxy) is 1. The minimum atomic E-state index is 0.626. The summed E-state index contributed by atoms with van der Waals surface area (Å²) in [5.74, 6) is 0. The number of hydrogen-bond acceptors (Lipinski definition) is 5. The normalized spacial score (nSPS) is 11.4. The molecular weight excluding hydrogens is 520 g/mol. The number of hydrogen-bond donors (Lipinski definition) is 2. The van der Waals surface area contributed by atoms with Crippen LogP contribution in [0.1, 0.15) is 168 Å². The molecule has 6 heteroatoms. The Bertz CT molecular complexity index is 569. The highest BCUT2D eigenvalue weighted by atomic mass is 16.5. The van der Waals surface area contributed by atoms with Crippen molar-refractivity contribution in [1.82, 2.24) is 10.2 Å². The van der Waals surface area contributed by atoms with E-state index >= 15 is 0 Å². The lowest BCUT2D eigenvalue weighted by atomic mass is 10.1. The van der Waals surface area contributed by atoms with Crippen LogP contribution in [0, 0.1) is 0 Å². The molecule has 42 heavy (non-hydrogen) atoms. The molecule has 3 N–H and O–H groups in total. The minimum absolute atomic E-state index is 0.626. The van der Waals surface area contributed by atoms with Crippen LogP contribution in [0.4, 0.5) is 0 Å². The molecule has 0 radical (unpaired) electrons. The predicted molar refractivity (Wildman–Crippen MR) is 182 cm³/mol. The van der Waals surface area contributed by atoms with Crippen molar-refractivity contribution in [1.29, 1.82) is 0 Å². The summed E-state index contributed by atoms with van der Waals surface area (Å²) in [7, 11) is 0. The van der Waals surface area contributed by atoms with Crippen LogP contribution in [0.3, 0.4) is 0 Å². The predicted octanol–water partition coefficient (Wildman–Crippen LogP) is 8.56. The standard InChI is InChI=1S/C36H75N4O2/c1-3-5-7-9-11-13-15-16-18-20-22-24-29-40(36-41)31-26-30-39(32-27-37)33-28-38-35-42-34-25-23-21-19-17-14-12-10-8-6-4-2/h38H,3-35,37H2,1-2H3/q+1. The van der Waals surface area contributed by atoms with E-state index in [1.807, 2.05) is 4.58 Å². The fourth-order valence-electron chi connectivity index (χ4n) is 5.67. The van der Waals surface area contributed by atoms with Gasteiger partial charge in [-0.25, -0.2) is 0 Å². The number of carbonyl (C=O) groups excluding carboxylic acids is 1. The van der Waals surface area contributed by atoms with Crippen LogP contribution in [0.25, 0.3) is 0 Å². The molecule has 0 aromatic rings. The van der Waals surface area contributed by atoms with Gasteiger partial charge < -0.3 is 15.4 Å². The van der Waals surface area contributed by atoms with Gasteiger partial charge in [-0.1, -0.05) is 142 Å². The molecule has 0 aliphatic carbocycles. The lowest BCUT2D eigenvalue weighted by Crippen LogP contribution is -2.37. The first-order valence-electron chi connectivity index (χ1n) is 18.6. The van der Waals surface area contributed by atoms with Gasteiger partial charge in [0, 0.05) is 52.2 Å². The Balaban J connectivity index is 3.60. The summed E-state index contributed by atoms with van der Waals surface area (Å²) in [6.07, 6.45) is 34.2. The lowest BCUT2D eigenvalue weighted by Gasteiger charge is -2.21. The number of rotatable bonds is 36. The average molecular weight is 596 g/mol. The van der Waals surface area contributed by atoms with Gasteiger partial charge in [-0.15, -0.1) is 0 Å². The zero-order chi connectivity index (χ0) is 30.6. The Morgan fingerprint density at radius 3 is 1.52 bits per heavy atom. The van der Waals surface area contributed by atoms with Gasteiger partial charge in [0.1, 0.15) is 0 Å². The SMILES string of the molecule is CCCCCCCCCCCCCC[N+](=C=O)CCCN(CCN)CCNCOCCCCCCCCCCCCC. The smallest absolute Gasteiger partial charge is 0.366 e. The van der Waals surface area contributed by atoms with Gasteiger partial charge in [0.05, 0.1) is 6.73 Å². The van der Waals surface area contributed by atoms with Crippen LogP contribution in [0.5, 0.6) is 0 Å². The van der Waals surface area contributed by atoms with Crippen molar-refractivity contribution < 1.29 is 14.1 Å². The molecule has 0 heterocycles. The van der Waals surface area contributed by atoms with Crippen molar-refractivity contribution in [3.05, 3.63) is 0 Å². The maximum atomic E-state index is 11.4. The van der Waals surface area contributed by atoms with Gasteiger partial charge in [0.25, 0.3) is 0 Å². The van der Waals surface area contributed by atoms with E-state index in [4.69, 9.17) is 10.5 Å². The molecule has 0 saturated heterocycles. The number of unbranched alkanes of at least 4 members (excludes halogenated alkanes) is 21. The van der Waals surface area contributed by atoms with Gasteiger partial charge in [-0.3, -0.25) is 5.32 Å². The summed E-state index contributed by atoms with van der Waals surface area (Å²) in [5, 5.41) is 3.41. The maximum Gasteiger partial charge on any atom is 0.424 e. The van der Waals surface area contributed by atoms with Crippen LogP contribution in [0.15, 0.2) is 0 Å². The molecule has 0 aromatic carbocycles. The molecule has 0 aliphatic rings. The maximum absolute atomic E-state index is 11.4. The topological polar surface area (TPSA) is 70.6 Å². The number of nitrogens with one attached hydrogen (secondary N) is 1. The van der Waals surface area contributed by atoms with Crippen LogP contribution in [-0.2, 0) is 9.53 Å². The quantitative estimate of drug-likeness (QED) is 0.0250. The summed E-state index contributed by atoms with van der Waals surface area (Å²) in [6, 6.07) is 0. The molecule has 0 unspecified atom stereocenters. The molecule has 6 nitrogen and oxygen atoms in total. The molecule has 0 saturated carbocycles. The first kappa shape index (κ1) is 41.2. The molecular formula is C36H75N4O2+. The first-order valence-corrected chi connectivity index (χ1v) is 18.6. The highest BCUT2D eigenvalue weighted by molar-refractivity contribution is 5.24. The number of nitrogens with two attached hydrogens (primary N) is 1. The summed E-state index contributed by atoms with van der Waals surface area (Å²) < 4.78 is 7.62. The molecule has 0 atom stereocenters. The zero-order valence-corrected chi connectivity index (χ0v) is 28.6. The molecule has 0 fully saturated rings. The van der Waals surface area contributed by atoms with Crippen molar-refractivity contribution in [2.75, 3.05) is 59.2 Å². The third-order valence-electron chi connectivity index (χ3n) is 8.46. The van der Waals surface area contributed by atoms with Crippen molar-refractivity contribution >= 4 is 6.08 Å². The fourth-order valence-corrected chi connectivity index (χ4v) is 5.67. The van der Waals surface area contributed by atoms with Gasteiger partial charge >= 0.3 is 6.08 Å². The van der Waals surface area contributed by atoms with Crippen molar-refractivity contribution in [3.8, 4) is 0 Å². The summed E-state index contributed by atoms with van der Waals surface area (Å²) in [4.78, 5) is 13.8. The van der Waals surface area contributed by atoms with Crippen LogP contribution < -0.4 is 11.1 Å². The molecule has 0 bridgehead atoms. The Labute approximate surface area is 263 Å². The third-order valence-corrected chi connectivity index (χ3v) is 8.46. The Hall–Kier alpha value is -0.780. The van der Waals surface area contributed by atoms with Crippen LogP contribution >= 0.6 is 0 Å². The van der Waals surface area contributed by atoms with Gasteiger partial charge in [0.2, 0.25) is 0 Å². The first-order chi connectivity index (χ1) is 20.8. The Morgan fingerprint density at radius 1 is 0.595 bits per heavy atom. The van der Waals surface area contributed by atoms with E-state index < -0.39 is 0 Å². The third kappa shape index (κ3) is 32.1. The van der Waals surface area contributed by atoms with Gasteiger partial charge in [-0.05, 0) is 12.8 Å². The van der Waals surface area contributed by atoms with E-state index in [2.05, 4.69) is 30.1 Å². The molecule has 0 spiro atoms. The Kier molecular flexibility index (Phi) is 35.7. The summed E-state index contributed by atoms with van der Waals surface area (Å²) in [6.45, 7) is 12.1. The van der Waals surface area contributed by atoms with E-state index in [1.54, 1.807) is 0 Å². The van der Waals surface area contributed by atoms with Gasteiger partial charge in [-0.2, -0.15) is 9.37 Å². The van der Waals surface area contributed by atoms with Crippen LogP contribution in [0.2, 0.25) is 0 Å². The second-order valence-electron chi connectivity index (χ2n) is 12.5. The van der Waals surface area contributed by atoms with E-state index in [1.165, 1.54) is 141 Å². The van der Waals surface area contributed by atoms with Crippen molar-refractivity contribution in [3.63, 3.8) is 0 Å². The van der Waals surface area contributed by atoms with E-state index in [0.29, 0.717) is 13.3 Å². The van der Waals surface area contributed by atoms with E-state index in [-0.39, 0.29) is 0 Å². The number of isocyanates is 1. The highest BCUT2D eigenvalue weighted by Crippen LogP contribution is 2.12. The number of nitrogens with zero attached hydrogens (tertiary/aromatic N) is 2. The monoisotopic (exact) mass is 596 g/mol. The molecule has 0 amide bonds. The fraction of sp³-hybridized carbons (Fsp3) is 0.972. The van der Waals surface area contributed by atoms with E-state index in [9.17, 15) is 4.79 Å². The zero-order valence-electron chi connectivity index (χ0n) is 28.6. The van der Waals surface area contributed by atoms with Crippen LogP contribution in [-0.4, -0.2) is 74.7 Å². The summed E-state index contributed by atoms with van der Waals surface area (Å²) >= 11 is 0.